The molecule has 0 spiro atoms. The summed E-state index contributed by atoms with van der Waals surface area (Å²) in [4.78, 5) is 11.5. The molecule has 0 atom stereocenters. The monoisotopic (exact) mass is 309 g/mol. The van der Waals surface area contributed by atoms with E-state index in [1.54, 1.807) is 18.2 Å². The zero-order valence-electron chi connectivity index (χ0n) is 11.2. The highest BCUT2D eigenvalue weighted by molar-refractivity contribution is 6.33. The smallest absolute Gasteiger partial charge is 0.337 e. The van der Waals surface area contributed by atoms with Gasteiger partial charge in [-0.2, -0.15) is 0 Å². The van der Waals surface area contributed by atoms with Crippen LogP contribution in [0.3, 0.4) is 0 Å². The third-order valence-corrected chi connectivity index (χ3v) is 3.14. The van der Waals surface area contributed by atoms with Gasteiger partial charge in [-0.1, -0.05) is 11.6 Å². The molecule has 6 heteroatoms. The number of rotatable bonds is 4. The number of methoxy groups -OCH3 is 1. The number of carbonyl (C=O) groups excluding carboxylic acids is 1. The van der Waals surface area contributed by atoms with Gasteiger partial charge in [-0.05, 0) is 35.9 Å². The average molecular weight is 310 g/mol. The molecule has 0 unspecified atom stereocenters. The molecule has 2 aromatic carbocycles. The second kappa shape index (κ2) is 6.45. The Morgan fingerprint density at radius 2 is 2.10 bits per heavy atom. The van der Waals surface area contributed by atoms with Crippen molar-refractivity contribution in [1.82, 2.24) is 0 Å². The molecular weight excluding hydrogens is 297 g/mol. The van der Waals surface area contributed by atoms with E-state index < -0.39 is 11.8 Å². The molecule has 0 fully saturated rings. The van der Waals surface area contributed by atoms with Crippen molar-refractivity contribution in [3.05, 3.63) is 58.4 Å². The first-order valence-corrected chi connectivity index (χ1v) is 6.47. The largest absolute Gasteiger partial charge is 0.508 e. The van der Waals surface area contributed by atoms with E-state index >= 15 is 0 Å². The van der Waals surface area contributed by atoms with Gasteiger partial charge < -0.3 is 15.2 Å². The lowest BCUT2D eigenvalue weighted by atomic mass is 10.1. The van der Waals surface area contributed by atoms with E-state index in [-0.39, 0.29) is 12.3 Å². The Labute approximate surface area is 126 Å². The molecule has 110 valence electrons. The van der Waals surface area contributed by atoms with Crippen LogP contribution in [0.25, 0.3) is 0 Å². The molecule has 2 aromatic rings. The normalized spacial score (nSPS) is 10.2. The van der Waals surface area contributed by atoms with Crippen LogP contribution in [0.2, 0.25) is 5.02 Å². The third-order valence-electron chi connectivity index (χ3n) is 2.81. The lowest BCUT2D eigenvalue weighted by molar-refractivity contribution is 0.0601. The lowest BCUT2D eigenvalue weighted by Gasteiger charge is -2.10. The summed E-state index contributed by atoms with van der Waals surface area (Å²) in [6.07, 6.45) is 0. The van der Waals surface area contributed by atoms with E-state index in [9.17, 15) is 14.3 Å². The topological polar surface area (TPSA) is 58.6 Å². The average Bonchev–Trinajstić information content (AvgIpc) is 2.44. The Morgan fingerprint density at radius 1 is 1.33 bits per heavy atom. The summed E-state index contributed by atoms with van der Waals surface area (Å²) in [5.41, 5.74) is 1.42. The van der Waals surface area contributed by atoms with Gasteiger partial charge in [-0.3, -0.25) is 0 Å². The Balaban J connectivity index is 2.17. The quantitative estimate of drug-likeness (QED) is 0.848. The molecule has 0 saturated carbocycles. The SMILES string of the molecule is COC(=O)c1ccc(Cl)c(NCc2cc(O)cc(F)c2)c1. The van der Waals surface area contributed by atoms with E-state index in [0.29, 0.717) is 21.8 Å². The van der Waals surface area contributed by atoms with Gasteiger partial charge in [0.2, 0.25) is 0 Å². The van der Waals surface area contributed by atoms with Crippen LogP contribution in [0.15, 0.2) is 36.4 Å². The molecule has 0 radical (unpaired) electrons. The number of hydrogen-bond acceptors (Lipinski definition) is 4. The second-order valence-electron chi connectivity index (χ2n) is 4.36. The van der Waals surface area contributed by atoms with Crippen LogP contribution >= 0.6 is 11.6 Å². The molecule has 0 saturated heterocycles. The van der Waals surface area contributed by atoms with Gasteiger partial charge in [-0.15, -0.1) is 0 Å². The molecule has 0 aliphatic carbocycles. The number of halogens is 2. The van der Waals surface area contributed by atoms with Gasteiger partial charge >= 0.3 is 5.97 Å². The van der Waals surface area contributed by atoms with Crippen molar-refractivity contribution < 1.29 is 19.0 Å². The minimum atomic E-state index is -0.527. The number of ether oxygens (including phenoxy) is 1. The van der Waals surface area contributed by atoms with E-state index in [4.69, 9.17) is 11.6 Å². The zero-order chi connectivity index (χ0) is 15.4. The lowest BCUT2D eigenvalue weighted by Crippen LogP contribution is -2.04. The molecule has 4 nitrogen and oxygen atoms in total. The molecule has 0 aliphatic heterocycles. The Kier molecular flexibility index (Phi) is 4.65. The van der Waals surface area contributed by atoms with Crippen LogP contribution < -0.4 is 5.32 Å². The van der Waals surface area contributed by atoms with Gasteiger partial charge in [0.1, 0.15) is 11.6 Å². The number of anilines is 1. The van der Waals surface area contributed by atoms with Crippen LogP contribution in [-0.2, 0) is 11.3 Å². The van der Waals surface area contributed by atoms with Crippen molar-refractivity contribution in [3.63, 3.8) is 0 Å². The van der Waals surface area contributed by atoms with Crippen LogP contribution in [0, 0.1) is 5.82 Å². The molecule has 0 heterocycles. The van der Waals surface area contributed by atoms with Crippen molar-refractivity contribution in [1.29, 1.82) is 0 Å². The van der Waals surface area contributed by atoms with E-state index in [1.807, 2.05) is 0 Å². The fourth-order valence-corrected chi connectivity index (χ4v) is 2.02. The number of benzene rings is 2. The number of phenolic OH excluding ortho intramolecular Hbond substituents is 1. The maximum Gasteiger partial charge on any atom is 0.337 e. The van der Waals surface area contributed by atoms with Crippen molar-refractivity contribution in [2.45, 2.75) is 6.54 Å². The minimum Gasteiger partial charge on any atom is -0.508 e. The van der Waals surface area contributed by atoms with E-state index in [0.717, 1.165) is 6.07 Å². The second-order valence-corrected chi connectivity index (χ2v) is 4.76. The third kappa shape index (κ3) is 3.86. The molecule has 0 aromatic heterocycles. The summed E-state index contributed by atoms with van der Waals surface area (Å²) in [6.45, 7) is 0.246. The fraction of sp³-hybridized carbons (Fsp3) is 0.133. The molecule has 2 rings (SSSR count). The summed E-state index contributed by atoms with van der Waals surface area (Å²) >= 11 is 6.03. The number of esters is 1. The molecule has 2 N–H and O–H groups in total. The number of carbonyl (C=O) groups is 1. The van der Waals surface area contributed by atoms with Crippen LogP contribution in [0.5, 0.6) is 5.75 Å². The summed E-state index contributed by atoms with van der Waals surface area (Å²) < 4.78 is 17.8. The van der Waals surface area contributed by atoms with Crippen LogP contribution in [0.4, 0.5) is 10.1 Å². The number of nitrogens with one attached hydrogen (secondary N) is 1. The summed E-state index contributed by atoms with van der Waals surface area (Å²) in [5.74, 6) is -1.15. The van der Waals surface area contributed by atoms with Gasteiger partial charge in [0, 0.05) is 12.6 Å². The van der Waals surface area contributed by atoms with Crippen molar-refractivity contribution in [2.24, 2.45) is 0 Å². The number of phenols is 1. The van der Waals surface area contributed by atoms with Gasteiger partial charge in [0.05, 0.1) is 23.4 Å². The van der Waals surface area contributed by atoms with E-state index in [1.165, 1.54) is 19.2 Å². The standard InChI is InChI=1S/C15H13ClFNO3/c1-21-15(20)10-2-3-13(16)14(6-10)18-8-9-4-11(17)7-12(19)5-9/h2-7,18-19H,8H2,1H3. The predicted octanol–water partition coefficient (Wildman–Crippen LogP) is 3.58. The summed E-state index contributed by atoms with van der Waals surface area (Å²) in [5, 5.41) is 12.7. The fourth-order valence-electron chi connectivity index (χ4n) is 1.84. The maximum atomic E-state index is 13.2. The van der Waals surface area contributed by atoms with Crippen molar-refractivity contribution >= 4 is 23.3 Å². The predicted molar refractivity (Wildman–Crippen MR) is 78.2 cm³/mol. The highest BCUT2D eigenvalue weighted by Gasteiger charge is 2.09. The molecule has 0 aliphatic rings. The maximum absolute atomic E-state index is 13.2. The molecular formula is C15H13ClFNO3. The molecule has 0 bridgehead atoms. The van der Waals surface area contributed by atoms with Gasteiger partial charge in [-0.25, -0.2) is 9.18 Å². The zero-order valence-corrected chi connectivity index (χ0v) is 11.9. The highest BCUT2D eigenvalue weighted by Crippen LogP contribution is 2.24. The first-order chi connectivity index (χ1) is 9.99. The van der Waals surface area contributed by atoms with E-state index in [2.05, 4.69) is 10.1 Å². The minimum absolute atomic E-state index is 0.152. The molecule has 21 heavy (non-hydrogen) atoms. The number of aromatic hydroxyl groups is 1. The van der Waals surface area contributed by atoms with Gasteiger partial charge in [0.15, 0.2) is 0 Å². The van der Waals surface area contributed by atoms with Gasteiger partial charge in [0.25, 0.3) is 0 Å². The van der Waals surface area contributed by atoms with Crippen molar-refractivity contribution in [2.75, 3.05) is 12.4 Å². The summed E-state index contributed by atoms with van der Waals surface area (Å²) in [6, 6.07) is 8.42. The van der Waals surface area contributed by atoms with Crippen LogP contribution in [-0.4, -0.2) is 18.2 Å². The molecule has 0 amide bonds. The Hall–Kier alpha value is -2.27. The summed E-state index contributed by atoms with van der Waals surface area (Å²) in [7, 11) is 1.29. The first-order valence-electron chi connectivity index (χ1n) is 6.10. The highest BCUT2D eigenvalue weighted by atomic mass is 35.5. The number of hydrogen-bond donors (Lipinski definition) is 2. The Morgan fingerprint density at radius 3 is 2.76 bits per heavy atom. The van der Waals surface area contributed by atoms with Crippen molar-refractivity contribution in [3.8, 4) is 5.75 Å². The van der Waals surface area contributed by atoms with Crippen LogP contribution in [0.1, 0.15) is 15.9 Å². The first kappa shape index (κ1) is 15.1. The Bertz CT molecular complexity index is 656.